The highest BCUT2D eigenvalue weighted by Gasteiger charge is 2.24. The molecule has 1 saturated heterocycles. The Morgan fingerprint density at radius 1 is 1.04 bits per heavy atom. The molecule has 0 aromatic carbocycles. The zero-order chi connectivity index (χ0) is 16.7. The lowest BCUT2D eigenvalue weighted by atomic mass is 9.96. The van der Waals surface area contributed by atoms with Gasteiger partial charge in [-0.15, -0.1) is 12.4 Å². The van der Waals surface area contributed by atoms with E-state index >= 15 is 0 Å². The van der Waals surface area contributed by atoms with Crippen LogP contribution >= 0.6 is 12.4 Å². The van der Waals surface area contributed by atoms with Crippen LogP contribution in [0.25, 0.3) is 0 Å². The highest BCUT2D eigenvalue weighted by atomic mass is 35.5. The molecule has 140 valence electrons. The summed E-state index contributed by atoms with van der Waals surface area (Å²) in [5, 5.41) is 6.16. The number of nitrogens with one attached hydrogen (secondary N) is 2. The first kappa shape index (κ1) is 21.0. The van der Waals surface area contributed by atoms with Gasteiger partial charge in [-0.3, -0.25) is 4.79 Å². The number of nitrogens with two attached hydrogens (primary N) is 1. The molecule has 7 heteroatoms. The van der Waals surface area contributed by atoms with Crippen molar-refractivity contribution in [1.82, 2.24) is 15.5 Å². The van der Waals surface area contributed by atoms with Gasteiger partial charge in [0.25, 0.3) is 0 Å². The lowest BCUT2D eigenvalue weighted by Crippen LogP contribution is -2.51. The second-order valence-electron chi connectivity index (χ2n) is 7.12. The summed E-state index contributed by atoms with van der Waals surface area (Å²) in [5.74, 6) is 0.187. The van der Waals surface area contributed by atoms with Gasteiger partial charge < -0.3 is 21.3 Å². The van der Waals surface area contributed by atoms with Crippen molar-refractivity contribution in [2.24, 2.45) is 5.73 Å². The molecular formula is C17H33ClN4O2. The monoisotopic (exact) mass is 360 g/mol. The van der Waals surface area contributed by atoms with Gasteiger partial charge in [-0.2, -0.15) is 0 Å². The van der Waals surface area contributed by atoms with E-state index in [1.807, 2.05) is 11.8 Å². The van der Waals surface area contributed by atoms with Crippen LogP contribution < -0.4 is 16.4 Å². The highest BCUT2D eigenvalue weighted by molar-refractivity contribution is 5.85. The Bertz CT molecular complexity index is 392. The third-order valence-electron chi connectivity index (χ3n) is 4.94. The van der Waals surface area contributed by atoms with Crippen LogP contribution in [0, 0.1) is 0 Å². The van der Waals surface area contributed by atoms with E-state index in [4.69, 9.17) is 5.73 Å². The molecule has 1 heterocycles. The van der Waals surface area contributed by atoms with Gasteiger partial charge in [0.15, 0.2) is 0 Å². The Labute approximate surface area is 151 Å². The molecule has 1 atom stereocenters. The van der Waals surface area contributed by atoms with Gasteiger partial charge in [-0.1, -0.05) is 19.3 Å². The molecule has 0 spiro atoms. The second kappa shape index (κ2) is 10.8. The number of carbonyl (C=O) groups is 2. The van der Waals surface area contributed by atoms with Crippen LogP contribution in [-0.2, 0) is 4.79 Å². The van der Waals surface area contributed by atoms with Crippen molar-refractivity contribution in [3.05, 3.63) is 0 Å². The lowest BCUT2D eigenvalue weighted by molar-refractivity contribution is -0.132. The molecule has 1 aliphatic heterocycles. The minimum Gasteiger partial charge on any atom is -0.343 e. The third-order valence-corrected chi connectivity index (χ3v) is 4.94. The van der Waals surface area contributed by atoms with Gasteiger partial charge in [0.1, 0.15) is 0 Å². The van der Waals surface area contributed by atoms with E-state index < -0.39 is 0 Å². The fourth-order valence-corrected chi connectivity index (χ4v) is 3.44. The first-order valence-corrected chi connectivity index (χ1v) is 9.15. The van der Waals surface area contributed by atoms with Crippen molar-refractivity contribution >= 4 is 24.3 Å². The molecule has 0 bridgehead atoms. The van der Waals surface area contributed by atoms with Crippen LogP contribution in [0.5, 0.6) is 0 Å². The zero-order valence-corrected chi connectivity index (χ0v) is 15.6. The molecule has 2 fully saturated rings. The number of nitrogens with zero attached hydrogens (tertiary/aromatic N) is 1. The smallest absolute Gasteiger partial charge is 0.315 e. The van der Waals surface area contributed by atoms with Crippen LogP contribution in [0.2, 0.25) is 0 Å². The number of rotatable bonds is 5. The Kier molecular flexibility index (Phi) is 9.44. The number of hydrogen-bond donors (Lipinski definition) is 3. The predicted molar refractivity (Wildman–Crippen MR) is 98.3 cm³/mol. The molecule has 2 aliphatic rings. The number of likely N-dealkylation sites (tertiary alicyclic amines) is 1. The van der Waals surface area contributed by atoms with Crippen LogP contribution in [0.1, 0.15) is 64.7 Å². The van der Waals surface area contributed by atoms with E-state index in [1.165, 1.54) is 19.3 Å². The second-order valence-corrected chi connectivity index (χ2v) is 7.12. The molecule has 4 N–H and O–H groups in total. The SMILES string of the molecule is CC(N)CCC(=O)N1CCC(NC(=O)NC2CCCCC2)CC1.Cl. The summed E-state index contributed by atoms with van der Waals surface area (Å²) < 4.78 is 0. The summed E-state index contributed by atoms with van der Waals surface area (Å²) in [6.07, 6.45) is 8.84. The fraction of sp³-hybridized carbons (Fsp3) is 0.882. The van der Waals surface area contributed by atoms with Gasteiger partial charge in [0, 0.05) is 37.6 Å². The van der Waals surface area contributed by atoms with E-state index in [9.17, 15) is 9.59 Å². The number of piperidine rings is 1. The summed E-state index contributed by atoms with van der Waals surface area (Å²) in [7, 11) is 0. The maximum Gasteiger partial charge on any atom is 0.315 e. The Morgan fingerprint density at radius 2 is 1.58 bits per heavy atom. The molecule has 0 aromatic heterocycles. The van der Waals surface area contributed by atoms with Gasteiger partial charge in [-0.25, -0.2) is 4.79 Å². The van der Waals surface area contributed by atoms with E-state index in [0.717, 1.165) is 45.2 Å². The molecule has 6 nitrogen and oxygen atoms in total. The highest BCUT2D eigenvalue weighted by Crippen LogP contribution is 2.17. The minimum atomic E-state index is -0.0429. The molecule has 2 rings (SSSR count). The number of amides is 3. The van der Waals surface area contributed by atoms with Crippen molar-refractivity contribution < 1.29 is 9.59 Å². The number of carbonyl (C=O) groups excluding carboxylic acids is 2. The van der Waals surface area contributed by atoms with E-state index in [0.29, 0.717) is 12.5 Å². The van der Waals surface area contributed by atoms with Crippen molar-refractivity contribution in [1.29, 1.82) is 0 Å². The predicted octanol–water partition coefficient (Wildman–Crippen LogP) is 2.16. The first-order valence-electron chi connectivity index (χ1n) is 9.15. The molecule has 3 amide bonds. The number of halogens is 1. The summed E-state index contributed by atoms with van der Waals surface area (Å²) in [4.78, 5) is 26.0. The fourth-order valence-electron chi connectivity index (χ4n) is 3.44. The van der Waals surface area contributed by atoms with E-state index in [1.54, 1.807) is 0 Å². The normalized spacial score (nSPS) is 20.8. The maximum atomic E-state index is 12.1. The van der Waals surface area contributed by atoms with Gasteiger partial charge in [-0.05, 0) is 39.0 Å². The van der Waals surface area contributed by atoms with Gasteiger partial charge in [0.05, 0.1) is 0 Å². The Morgan fingerprint density at radius 3 is 2.12 bits per heavy atom. The molecule has 0 radical (unpaired) electrons. The van der Waals surface area contributed by atoms with Crippen LogP contribution in [-0.4, -0.2) is 48.1 Å². The summed E-state index contributed by atoms with van der Waals surface area (Å²) in [6, 6.07) is 0.542. The van der Waals surface area contributed by atoms with E-state index in [-0.39, 0.29) is 36.4 Å². The standard InChI is InChI=1S/C17H32N4O2.ClH/c1-13(18)7-8-16(22)21-11-9-15(10-12-21)20-17(23)19-14-5-3-2-4-6-14;/h13-15H,2-12,18H2,1H3,(H2,19,20,23);1H. The minimum absolute atomic E-state index is 0. The molecular weight excluding hydrogens is 328 g/mol. The largest absolute Gasteiger partial charge is 0.343 e. The first-order chi connectivity index (χ1) is 11.0. The molecule has 1 unspecified atom stereocenters. The van der Waals surface area contributed by atoms with E-state index in [2.05, 4.69) is 10.6 Å². The van der Waals surface area contributed by atoms with Crippen molar-refractivity contribution in [2.45, 2.75) is 82.8 Å². The Hall–Kier alpha value is -1.01. The van der Waals surface area contributed by atoms with Crippen LogP contribution in [0.4, 0.5) is 4.79 Å². The Balaban J connectivity index is 0.00000288. The van der Waals surface area contributed by atoms with Crippen molar-refractivity contribution in [3.63, 3.8) is 0 Å². The van der Waals surface area contributed by atoms with Gasteiger partial charge in [0.2, 0.25) is 5.91 Å². The van der Waals surface area contributed by atoms with Crippen LogP contribution in [0.15, 0.2) is 0 Å². The number of urea groups is 1. The summed E-state index contributed by atoms with van der Waals surface area (Å²) >= 11 is 0. The molecule has 1 saturated carbocycles. The summed E-state index contributed by atoms with van der Waals surface area (Å²) in [5.41, 5.74) is 5.70. The number of hydrogen-bond acceptors (Lipinski definition) is 3. The molecule has 24 heavy (non-hydrogen) atoms. The molecule has 1 aliphatic carbocycles. The average Bonchev–Trinajstić information content (AvgIpc) is 2.54. The van der Waals surface area contributed by atoms with Crippen molar-refractivity contribution in [3.8, 4) is 0 Å². The quantitative estimate of drug-likeness (QED) is 0.702. The van der Waals surface area contributed by atoms with Crippen LogP contribution in [0.3, 0.4) is 0 Å². The molecule has 0 aromatic rings. The average molecular weight is 361 g/mol. The maximum absolute atomic E-state index is 12.1. The summed E-state index contributed by atoms with van der Waals surface area (Å²) in [6.45, 7) is 3.38. The topological polar surface area (TPSA) is 87.5 Å². The third kappa shape index (κ3) is 7.26. The zero-order valence-electron chi connectivity index (χ0n) is 14.8. The lowest BCUT2D eigenvalue weighted by Gasteiger charge is -2.33. The van der Waals surface area contributed by atoms with Gasteiger partial charge >= 0.3 is 6.03 Å². The van der Waals surface area contributed by atoms with Crippen molar-refractivity contribution in [2.75, 3.05) is 13.1 Å².